The van der Waals surface area contributed by atoms with Crippen LogP contribution < -0.4 is 0 Å². The molecule has 0 N–H and O–H groups in total. The van der Waals surface area contributed by atoms with Crippen molar-refractivity contribution in [2.45, 2.75) is 12.4 Å². The normalized spacial score (nSPS) is 16.6. The fraction of sp³-hybridized carbons (Fsp3) is 0.278. The highest BCUT2D eigenvalue weighted by atomic mass is 16.7. The summed E-state index contributed by atoms with van der Waals surface area (Å²) in [7, 11) is 1.54. The number of benzene rings is 2. The summed E-state index contributed by atoms with van der Waals surface area (Å²) in [6.45, 7) is 1.12. The summed E-state index contributed by atoms with van der Waals surface area (Å²) in [5.41, 5.74) is 2.25. The Labute approximate surface area is 129 Å². The summed E-state index contributed by atoms with van der Waals surface area (Å²) < 4.78 is 16.6. The van der Waals surface area contributed by atoms with Gasteiger partial charge in [0.05, 0.1) is 13.2 Å². The molecule has 22 heavy (non-hydrogen) atoms. The lowest BCUT2D eigenvalue weighted by atomic mass is 9.95. The lowest BCUT2D eigenvalue weighted by Crippen LogP contribution is -2.18. The van der Waals surface area contributed by atoms with Crippen LogP contribution in [0.25, 0.3) is 0 Å². The van der Waals surface area contributed by atoms with Gasteiger partial charge in [-0.3, -0.25) is 4.79 Å². The first-order valence-electron chi connectivity index (χ1n) is 7.25. The van der Waals surface area contributed by atoms with E-state index in [1.807, 2.05) is 42.5 Å². The molecule has 0 saturated carbocycles. The minimum absolute atomic E-state index is 0.0754. The number of methoxy groups -OCH3 is 1. The molecule has 1 atom stereocenters. The Morgan fingerprint density at radius 3 is 2.36 bits per heavy atom. The smallest absolute Gasteiger partial charge is 0.196 e. The molecule has 1 fully saturated rings. The molecule has 4 nitrogen and oxygen atoms in total. The van der Waals surface area contributed by atoms with Gasteiger partial charge in [0.1, 0.15) is 6.10 Å². The van der Waals surface area contributed by atoms with Crippen molar-refractivity contribution in [1.29, 1.82) is 0 Å². The van der Waals surface area contributed by atoms with Crippen molar-refractivity contribution in [3.63, 3.8) is 0 Å². The van der Waals surface area contributed by atoms with Crippen LogP contribution in [0.2, 0.25) is 0 Å². The van der Waals surface area contributed by atoms with Crippen LogP contribution in [0.3, 0.4) is 0 Å². The molecular formula is C18H18O4. The van der Waals surface area contributed by atoms with E-state index in [1.165, 1.54) is 0 Å². The van der Waals surface area contributed by atoms with Crippen LogP contribution in [0.5, 0.6) is 0 Å². The zero-order valence-electron chi connectivity index (χ0n) is 12.4. The molecule has 0 amide bonds. The molecule has 1 saturated heterocycles. The highest BCUT2D eigenvalue weighted by molar-refractivity contribution is 6.00. The largest absolute Gasteiger partial charge is 0.369 e. The molecule has 1 unspecified atom stereocenters. The van der Waals surface area contributed by atoms with Crippen molar-refractivity contribution in [2.75, 3.05) is 20.3 Å². The van der Waals surface area contributed by atoms with E-state index in [4.69, 9.17) is 14.2 Å². The van der Waals surface area contributed by atoms with Gasteiger partial charge in [-0.2, -0.15) is 0 Å². The molecule has 0 bridgehead atoms. The van der Waals surface area contributed by atoms with Gasteiger partial charge in [-0.25, -0.2) is 0 Å². The van der Waals surface area contributed by atoms with Crippen LogP contribution in [0.4, 0.5) is 0 Å². The number of Topliss-reactive ketones (excluding diaryl/α,β-unsaturated/α-hetero) is 1. The van der Waals surface area contributed by atoms with E-state index in [0.717, 1.165) is 11.1 Å². The second-order valence-corrected chi connectivity index (χ2v) is 5.05. The van der Waals surface area contributed by atoms with E-state index < -0.39 is 12.4 Å². The minimum Gasteiger partial charge on any atom is -0.369 e. The fourth-order valence-corrected chi connectivity index (χ4v) is 2.63. The van der Waals surface area contributed by atoms with Crippen LogP contribution in [0.1, 0.15) is 33.9 Å². The molecular weight excluding hydrogens is 280 g/mol. The second kappa shape index (κ2) is 6.83. The van der Waals surface area contributed by atoms with Gasteiger partial charge in [-0.05, 0) is 5.56 Å². The van der Waals surface area contributed by atoms with Crippen molar-refractivity contribution in [2.24, 2.45) is 0 Å². The predicted octanol–water partition coefficient (Wildman–Crippen LogP) is 3.30. The molecule has 1 aliphatic heterocycles. The number of carbonyl (C=O) groups excluding carboxylic acids is 1. The standard InChI is InChI=1S/C18H18O4/c1-20-17(16(19)13-7-3-2-4-8-13)14-9-5-6-10-15(14)18-21-11-12-22-18/h2-10,17-18H,11-12H2,1H3. The molecule has 0 aromatic heterocycles. The first-order valence-corrected chi connectivity index (χ1v) is 7.25. The maximum Gasteiger partial charge on any atom is 0.196 e. The summed E-state index contributed by atoms with van der Waals surface area (Å²) in [5.74, 6) is -0.0754. The van der Waals surface area contributed by atoms with Crippen molar-refractivity contribution in [3.05, 3.63) is 71.3 Å². The third-order valence-electron chi connectivity index (χ3n) is 3.69. The Kier molecular flexibility index (Phi) is 4.63. The van der Waals surface area contributed by atoms with Crippen molar-refractivity contribution in [1.82, 2.24) is 0 Å². The molecule has 0 radical (unpaired) electrons. The van der Waals surface area contributed by atoms with E-state index in [0.29, 0.717) is 18.8 Å². The van der Waals surface area contributed by atoms with Gasteiger partial charge in [-0.1, -0.05) is 54.6 Å². The van der Waals surface area contributed by atoms with Crippen molar-refractivity contribution >= 4 is 5.78 Å². The maximum absolute atomic E-state index is 12.7. The third kappa shape index (κ3) is 2.95. The molecule has 2 aromatic carbocycles. The average Bonchev–Trinajstić information content (AvgIpc) is 3.11. The number of hydrogen-bond acceptors (Lipinski definition) is 4. The van der Waals surface area contributed by atoms with Gasteiger partial charge in [0, 0.05) is 18.2 Å². The first-order chi connectivity index (χ1) is 10.8. The van der Waals surface area contributed by atoms with Crippen LogP contribution in [0.15, 0.2) is 54.6 Å². The molecule has 1 aliphatic rings. The Morgan fingerprint density at radius 2 is 1.68 bits per heavy atom. The molecule has 4 heteroatoms. The summed E-state index contributed by atoms with van der Waals surface area (Å²) in [6, 6.07) is 16.7. The number of ether oxygens (including phenoxy) is 3. The Hall–Kier alpha value is -2.01. The lowest BCUT2D eigenvalue weighted by molar-refractivity contribution is -0.0460. The van der Waals surface area contributed by atoms with Crippen LogP contribution in [0, 0.1) is 0 Å². The highest BCUT2D eigenvalue weighted by Crippen LogP contribution is 2.32. The summed E-state index contributed by atoms with van der Waals surface area (Å²) >= 11 is 0. The van der Waals surface area contributed by atoms with Gasteiger partial charge >= 0.3 is 0 Å². The van der Waals surface area contributed by atoms with E-state index in [2.05, 4.69) is 0 Å². The minimum atomic E-state index is -0.675. The molecule has 0 aliphatic carbocycles. The van der Waals surface area contributed by atoms with Gasteiger partial charge in [-0.15, -0.1) is 0 Å². The third-order valence-corrected chi connectivity index (χ3v) is 3.69. The van der Waals surface area contributed by atoms with Crippen LogP contribution in [-0.2, 0) is 14.2 Å². The number of rotatable bonds is 5. The second-order valence-electron chi connectivity index (χ2n) is 5.05. The highest BCUT2D eigenvalue weighted by Gasteiger charge is 2.28. The molecule has 0 spiro atoms. The molecule has 2 aromatic rings. The van der Waals surface area contributed by atoms with E-state index >= 15 is 0 Å². The Bertz CT molecular complexity index is 633. The number of ketones is 1. The summed E-state index contributed by atoms with van der Waals surface area (Å²) in [4.78, 5) is 12.7. The van der Waals surface area contributed by atoms with E-state index in [1.54, 1.807) is 19.2 Å². The van der Waals surface area contributed by atoms with E-state index in [-0.39, 0.29) is 5.78 Å². The predicted molar refractivity (Wildman–Crippen MR) is 81.6 cm³/mol. The lowest BCUT2D eigenvalue weighted by Gasteiger charge is -2.20. The van der Waals surface area contributed by atoms with Crippen molar-refractivity contribution in [3.8, 4) is 0 Å². The summed E-state index contributed by atoms with van der Waals surface area (Å²) in [6.07, 6.45) is -1.11. The monoisotopic (exact) mass is 298 g/mol. The average molecular weight is 298 g/mol. The van der Waals surface area contributed by atoms with Crippen molar-refractivity contribution < 1.29 is 19.0 Å². The summed E-state index contributed by atoms with van der Waals surface area (Å²) in [5, 5.41) is 0. The number of carbonyl (C=O) groups is 1. The topological polar surface area (TPSA) is 44.8 Å². The van der Waals surface area contributed by atoms with Crippen LogP contribution >= 0.6 is 0 Å². The van der Waals surface area contributed by atoms with E-state index in [9.17, 15) is 4.79 Å². The Morgan fingerprint density at radius 1 is 1.05 bits per heavy atom. The van der Waals surface area contributed by atoms with Gasteiger partial charge in [0.25, 0.3) is 0 Å². The quantitative estimate of drug-likeness (QED) is 0.794. The fourth-order valence-electron chi connectivity index (χ4n) is 2.63. The Balaban J connectivity index is 1.95. The van der Waals surface area contributed by atoms with Crippen LogP contribution in [-0.4, -0.2) is 26.1 Å². The molecule has 114 valence electrons. The zero-order valence-corrected chi connectivity index (χ0v) is 12.4. The zero-order chi connectivity index (χ0) is 15.4. The number of hydrogen-bond donors (Lipinski definition) is 0. The molecule has 3 rings (SSSR count). The first kappa shape index (κ1) is 14.9. The SMILES string of the molecule is COC(C(=O)c1ccccc1)c1ccccc1C1OCCO1. The molecule has 1 heterocycles. The van der Waals surface area contributed by atoms with Gasteiger partial charge in [0.2, 0.25) is 0 Å². The maximum atomic E-state index is 12.7. The van der Waals surface area contributed by atoms with Gasteiger partial charge in [0.15, 0.2) is 12.1 Å². The van der Waals surface area contributed by atoms with Gasteiger partial charge < -0.3 is 14.2 Å².